The number of rotatable bonds is 3. The summed E-state index contributed by atoms with van der Waals surface area (Å²) in [5, 5.41) is 37.0. The lowest BCUT2D eigenvalue weighted by atomic mass is 9.31. The molecule has 5 heteroatoms. The molecule has 1 aromatic carbocycles. The molecule has 4 aliphatic carbocycles. The Morgan fingerprint density at radius 3 is 2.58 bits per heavy atom. The number of aliphatic hydroxyl groups is 3. The van der Waals surface area contributed by atoms with Crippen LogP contribution in [-0.4, -0.2) is 46.2 Å². The highest BCUT2D eigenvalue weighted by Crippen LogP contribution is 2.78. The Kier molecular flexibility index (Phi) is 3.86. The molecule has 4 N–H and O–H groups in total. The fourth-order valence-electron chi connectivity index (χ4n) is 8.88. The van der Waals surface area contributed by atoms with Gasteiger partial charge in [-0.05, 0) is 67.9 Å². The van der Waals surface area contributed by atoms with E-state index in [-0.39, 0.29) is 41.5 Å². The van der Waals surface area contributed by atoms with Gasteiger partial charge in [0, 0.05) is 28.0 Å². The zero-order valence-electron chi connectivity index (χ0n) is 19.3. The molecule has 2 spiro atoms. The highest BCUT2D eigenvalue weighted by atomic mass is 16.5. The molecule has 1 aromatic rings. The maximum atomic E-state index is 12.0. The lowest BCUT2D eigenvalue weighted by molar-refractivity contribution is -0.277. The minimum atomic E-state index is -0.933. The van der Waals surface area contributed by atoms with E-state index in [0.29, 0.717) is 6.04 Å². The molecule has 2 heterocycles. The highest BCUT2D eigenvalue weighted by Gasteiger charge is 2.80. The van der Waals surface area contributed by atoms with Crippen LogP contribution in [0.25, 0.3) is 0 Å². The molecule has 2 aliphatic heterocycles. The Morgan fingerprint density at radius 1 is 1.13 bits per heavy atom. The van der Waals surface area contributed by atoms with Crippen molar-refractivity contribution < 1.29 is 20.1 Å². The number of ether oxygens (including phenoxy) is 1. The van der Waals surface area contributed by atoms with Gasteiger partial charge in [-0.15, -0.1) is 0 Å². The molecular formula is C26H37NO4. The van der Waals surface area contributed by atoms with E-state index in [9.17, 15) is 15.3 Å². The van der Waals surface area contributed by atoms with Gasteiger partial charge in [0.15, 0.2) is 0 Å². The Labute approximate surface area is 185 Å². The maximum Gasteiger partial charge on any atom is 0.129 e. The lowest BCUT2D eigenvalue weighted by Gasteiger charge is -2.74. The van der Waals surface area contributed by atoms with Crippen molar-refractivity contribution in [2.75, 3.05) is 13.2 Å². The molecule has 170 valence electrons. The third-order valence-electron chi connectivity index (χ3n) is 10.8. The van der Waals surface area contributed by atoms with E-state index in [4.69, 9.17) is 4.74 Å². The van der Waals surface area contributed by atoms with Gasteiger partial charge in [0.2, 0.25) is 0 Å². The Bertz CT molecular complexity index is 951. The number of benzene rings is 1. The van der Waals surface area contributed by atoms with Gasteiger partial charge in [0.05, 0.1) is 18.8 Å². The monoisotopic (exact) mass is 427 g/mol. The summed E-state index contributed by atoms with van der Waals surface area (Å²) in [6.45, 7) is 9.27. The van der Waals surface area contributed by atoms with Crippen LogP contribution in [-0.2, 0) is 18.4 Å². The minimum absolute atomic E-state index is 0.0130. The van der Waals surface area contributed by atoms with Gasteiger partial charge in [-0.2, -0.15) is 0 Å². The fraction of sp³-hybridized carbons (Fsp3) is 0.769. The molecule has 4 fully saturated rings. The number of aliphatic hydroxyl groups excluding tert-OH is 2. The second-order valence-corrected chi connectivity index (χ2v) is 12.4. The summed E-state index contributed by atoms with van der Waals surface area (Å²) >= 11 is 0. The van der Waals surface area contributed by atoms with Gasteiger partial charge in [-0.1, -0.05) is 32.9 Å². The van der Waals surface area contributed by atoms with Crippen LogP contribution in [0, 0.1) is 22.2 Å². The van der Waals surface area contributed by atoms with Crippen molar-refractivity contribution >= 4 is 0 Å². The maximum absolute atomic E-state index is 12.0. The number of piperidine rings is 1. The normalized spacial score (nSPS) is 43.9. The van der Waals surface area contributed by atoms with E-state index in [1.54, 1.807) is 0 Å². The van der Waals surface area contributed by atoms with E-state index < -0.39 is 11.0 Å². The molecule has 3 saturated carbocycles. The molecule has 7 atom stereocenters. The SMILES string of the molecule is CC(C)(C)[C@@](C)(O)[C@H]1C[C@@]23CC[C@]1(CO)[C@@H]1Oc4c(CO)ccc5c4[C@@]12CCN[C@@H]3C5. The van der Waals surface area contributed by atoms with Crippen molar-refractivity contribution in [3.05, 3.63) is 28.8 Å². The van der Waals surface area contributed by atoms with Gasteiger partial charge in [-0.3, -0.25) is 0 Å². The van der Waals surface area contributed by atoms with Crippen molar-refractivity contribution in [2.24, 2.45) is 22.2 Å². The molecule has 0 amide bonds. The smallest absolute Gasteiger partial charge is 0.129 e. The second kappa shape index (κ2) is 5.85. The topological polar surface area (TPSA) is 82.0 Å². The predicted octanol–water partition coefficient (Wildman–Crippen LogP) is 2.67. The molecule has 7 rings (SSSR count). The van der Waals surface area contributed by atoms with E-state index in [2.05, 4.69) is 32.2 Å². The highest BCUT2D eigenvalue weighted by molar-refractivity contribution is 5.61. The van der Waals surface area contributed by atoms with Gasteiger partial charge >= 0.3 is 0 Å². The van der Waals surface area contributed by atoms with Crippen LogP contribution in [0.5, 0.6) is 5.75 Å². The van der Waals surface area contributed by atoms with Crippen molar-refractivity contribution in [2.45, 2.75) is 89.6 Å². The number of fused-ring (bicyclic) bond motifs is 2. The van der Waals surface area contributed by atoms with Crippen LogP contribution in [0.3, 0.4) is 0 Å². The first-order valence-corrected chi connectivity index (χ1v) is 12.1. The van der Waals surface area contributed by atoms with Crippen LogP contribution >= 0.6 is 0 Å². The van der Waals surface area contributed by atoms with Crippen LogP contribution < -0.4 is 10.1 Å². The Morgan fingerprint density at radius 2 is 1.90 bits per heavy atom. The summed E-state index contributed by atoms with van der Waals surface area (Å²) in [6, 6.07) is 4.58. The summed E-state index contributed by atoms with van der Waals surface area (Å²) < 4.78 is 6.90. The molecule has 4 bridgehead atoms. The molecule has 1 saturated heterocycles. The molecule has 5 nitrogen and oxygen atoms in total. The molecule has 6 aliphatic rings. The predicted molar refractivity (Wildman–Crippen MR) is 118 cm³/mol. The summed E-state index contributed by atoms with van der Waals surface area (Å²) in [6.07, 6.45) is 4.67. The minimum Gasteiger partial charge on any atom is -0.488 e. The first-order valence-electron chi connectivity index (χ1n) is 12.1. The first-order chi connectivity index (χ1) is 14.6. The van der Waals surface area contributed by atoms with Gasteiger partial charge in [0.25, 0.3) is 0 Å². The van der Waals surface area contributed by atoms with Crippen molar-refractivity contribution in [1.82, 2.24) is 5.32 Å². The van der Waals surface area contributed by atoms with E-state index in [1.807, 2.05) is 13.0 Å². The summed E-state index contributed by atoms with van der Waals surface area (Å²) in [4.78, 5) is 0. The molecule has 0 radical (unpaired) electrons. The average Bonchev–Trinajstić information content (AvgIpc) is 3.09. The lowest BCUT2D eigenvalue weighted by Crippen LogP contribution is -2.81. The van der Waals surface area contributed by atoms with Crippen molar-refractivity contribution in [3.63, 3.8) is 0 Å². The molecular weight excluding hydrogens is 390 g/mol. The number of nitrogens with one attached hydrogen (secondary N) is 1. The summed E-state index contributed by atoms with van der Waals surface area (Å²) in [5.41, 5.74) is 1.68. The Balaban J connectivity index is 1.64. The third-order valence-corrected chi connectivity index (χ3v) is 10.8. The molecule has 0 aromatic heterocycles. The Hall–Kier alpha value is -1.14. The largest absolute Gasteiger partial charge is 0.488 e. The van der Waals surface area contributed by atoms with E-state index in [1.165, 1.54) is 11.1 Å². The summed E-state index contributed by atoms with van der Waals surface area (Å²) in [5.74, 6) is 0.832. The average molecular weight is 428 g/mol. The molecule has 31 heavy (non-hydrogen) atoms. The van der Waals surface area contributed by atoms with Crippen LogP contribution in [0.1, 0.15) is 70.1 Å². The van der Waals surface area contributed by atoms with Gasteiger partial charge in [-0.25, -0.2) is 0 Å². The van der Waals surface area contributed by atoms with Crippen LogP contribution in [0.2, 0.25) is 0 Å². The van der Waals surface area contributed by atoms with E-state index >= 15 is 0 Å². The zero-order valence-corrected chi connectivity index (χ0v) is 19.3. The molecule has 0 unspecified atom stereocenters. The van der Waals surface area contributed by atoms with Crippen LogP contribution in [0.4, 0.5) is 0 Å². The fourth-order valence-corrected chi connectivity index (χ4v) is 8.88. The number of hydrogen-bond acceptors (Lipinski definition) is 5. The third kappa shape index (κ3) is 2.01. The zero-order chi connectivity index (χ0) is 22.0. The van der Waals surface area contributed by atoms with Crippen molar-refractivity contribution in [1.29, 1.82) is 0 Å². The second-order valence-electron chi connectivity index (χ2n) is 12.4. The van der Waals surface area contributed by atoms with Gasteiger partial charge in [0.1, 0.15) is 11.9 Å². The summed E-state index contributed by atoms with van der Waals surface area (Å²) in [7, 11) is 0. The van der Waals surface area contributed by atoms with Gasteiger partial charge < -0.3 is 25.4 Å². The van der Waals surface area contributed by atoms with E-state index in [0.717, 1.165) is 50.0 Å². The first kappa shape index (κ1) is 20.5. The standard InChI is InChI=1S/C26H37NO4/c1-22(2,3)23(4,30)17-12-25-8-7-24(17,14-29)21-26(25)9-10-27-18(25)11-15-5-6-16(13-28)20(31-21)19(15)26/h5-6,17-18,21,27-30H,7-14H2,1-4H3/t17-,18-,21+,23+,24-,25-,26+/m1/s1. The quantitative estimate of drug-likeness (QED) is 0.596. The van der Waals surface area contributed by atoms with Crippen molar-refractivity contribution in [3.8, 4) is 5.75 Å². The number of hydrogen-bond donors (Lipinski definition) is 4. The van der Waals surface area contributed by atoms with Crippen LogP contribution in [0.15, 0.2) is 12.1 Å².